The van der Waals surface area contributed by atoms with Crippen molar-refractivity contribution in [1.29, 1.82) is 0 Å². The molecule has 0 bridgehead atoms. The first-order valence-electron chi connectivity index (χ1n) is 10.9. The minimum atomic E-state index is 0.110. The van der Waals surface area contributed by atoms with Gasteiger partial charge in [0.2, 0.25) is 0 Å². The molecule has 0 saturated carbocycles. The molecule has 0 atom stereocenters. The Hall–Kier alpha value is -2.44. The largest absolute Gasteiger partial charge is 0.348 e. The van der Waals surface area contributed by atoms with Crippen LogP contribution in [0.5, 0.6) is 0 Å². The maximum atomic E-state index is 4.79. The van der Waals surface area contributed by atoms with Gasteiger partial charge >= 0.3 is 0 Å². The zero-order chi connectivity index (χ0) is 19.7. The minimum Gasteiger partial charge on any atom is -0.348 e. The van der Waals surface area contributed by atoms with Gasteiger partial charge in [-0.05, 0) is 31.4 Å². The van der Waals surface area contributed by atoms with Crippen molar-refractivity contribution in [2.45, 2.75) is 44.7 Å². The molecule has 0 unspecified atom stereocenters. The van der Waals surface area contributed by atoms with Crippen LogP contribution in [0.1, 0.15) is 43.1 Å². The van der Waals surface area contributed by atoms with Crippen molar-refractivity contribution >= 4 is 0 Å². The molecule has 29 heavy (non-hydrogen) atoms. The Balaban J connectivity index is 1.33. The van der Waals surface area contributed by atoms with Gasteiger partial charge in [0.15, 0.2) is 0 Å². The zero-order valence-corrected chi connectivity index (χ0v) is 17.2. The van der Waals surface area contributed by atoms with Crippen LogP contribution in [0.15, 0.2) is 42.9 Å². The summed E-state index contributed by atoms with van der Waals surface area (Å²) in [5.74, 6) is 0. The van der Waals surface area contributed by atoms with E-state index < -0.39 is 0 Å². The average molecular weight is 391 g/mol. The second kappa shape index (κ2) is 7.76. The van der Waals surface area contributed by atoms with E-state index in [0.29, 0.717) is 0 Å². The lowest BCUT2D eigenvalue weighted by Crippen LogP contribution is -2.56. The summed E-state index contributed by atoms with van der Waals surface area (Å²) in [6.07, 6.45) is 8.46. The van der Waals surface area contributed by atoms with Crippen LogP contribution in [0.2, 0.25) is 0 Å². The number of fused-ring (bicyclic) bond motifs is 2. The molecular weight excluding hydrogens is 360 g/mol. The Morgan fingerprint density at radius 3 is 2.72 bits per heavy atom. The predicted octanol–water partition coefficient (Wildman–Crippen LogP) is 3.56. The quantitative estimate of drug-likeness (QED) is 0.699. The monoisotopic (exact) mass is 390 g/mol. The molecule has 1 fully saturated rings. The first-order chi connectivity index (χ1) is 14.3. The SMILES string of the molecule is CCCN1CCc2[nH]cnc2C12CCN(Cc1cn[nH]c1-c1ccccc1)CC2. The second-order valence-corrected chi connectivity index (χ2v) is 8.41. The van der Waals surface area contributed by atoms with Crippen molar-refractivity contribution in [3.63, 3.8) is 0 Å². The van der Waals surface area contributed by atoms with E-state index in [4.69, 9.17) is 4.98 Å². The number of hydrogen-bond acceptors (Lipinski definition) is 4. The van der Waals surface area contributed by atoms with Crippen molar-refractivity contribution in [1.82, 2.24) is 30.0 Å². The Labute approximate surface area is 172 Å². The van der Waals surface area contributed by atoms with E-state index in [9.17, 15) is 0 Å². The number of aromatic amines is 2. The van der Waals surface area contributed by atoms with E-state index in [1.54, 1.807) is 0 Å². The molecule has 2 aromatic heterocycles. The summed E-state index contributed by atoms with van der Waals surface area (Å²) in [7, 11) is 0. The van der Waals surface area contributed by atoms with Crippen molar-refractivity contribution in [3.8, 4) is 11.3 Å². The van der Waals surface area contributed by atoms with Gasteiger partial charge in [-0.25, -0.2) is 4.98 Å². The summed E-state index contributed by atoms with van der Waals surface area (Å²) >= 11 is 0. The highest BCUT2D eigenvalue weighted by molar-refractivity contribution is 5.62. The van der Waals surface area contributed by atoms with Gasteiger partial charge in [0.1, 0.15) is 0 Å². The maximum Gasteiger partial charge on any atom is 0.0926 e. The maximum absolute atomic E-state index is 4.79. The first-order valence-corrected chi connectivity index (χ1v) is 10.9. The van der Waals surface area contributed by atoms with E-state index in [0.717, 1.165) is 57.7 Å². The molecule has 0 aliphatic carbocycles. The van der Waals surface area contributed by atoms with Crippen LogP contribution in [0.25, 0.3) is 11.3 Å². The summed E-state index contributed by atoms with van der Waals surface area (Å²) in [6.45, 7) is 7.71. The van der Waals surface area contributed by atoms with Crippen molar-refractivity contribution in [3.05, 3.63) is 59.8 Å². The van der Waals surface area contributed by atoms with Gasteiger partial charge in [-0.15, -0.1) is 0 Å². The lowest BCUT2D eigenvalue weighted by atomic mass is 9.78. The van der Waals surface area contributed by atoms with Crippen LogP contribution in [-0.2, 0) is 18.5 Å². The van der Waals surface area contributed by atoms with E-state index >= 15 is 0 Å². The summed E-state index contributed by atoms with van der Waals surface area (Å²) < 4.78 is 0. The molecule has 5 rings (SSSR count). The second-order valence-electron chi connectivity index (χ2n) is 8.41. The Bertz CT molecular complexity index is 935. The summed E-state index contributed by atoms with van der Waals surface area (Å²) in [6, 6.07) is 10.5. The minimum absolute atomic E-state index is 0.110. The van der Waals surface area contributed by atoms with Crippen LogP contribution >= 0.6 is 0 Å². The molecule has 0 amide bonds. The number of H-pyrrole nitrogens is 2. The number of aromatic nitrogens is 4. The third-order valence-corrected chi connectivity index (χ3v) is 6.75. The van der Waals surface area contributed by atoms with Gasteiger partial charge in [-0.3, -0.25) is 14.9 Å². The summed E-state index contributed by atoms with van der Waals surface area (Å²) in [4.78, 5) is 13.5. The molecule has 4 heterocycles. The lowest BCUT2D eigenvalue weighted by Gasteiger charge is -2.50. The highest BCUT2D eigenvalue weighted by atomic mass is 15.3. The molecule has 1 spiro atoms. The molecule has 2 aliphatic heterocycles. The summed E-state index contributed by atoms with van der Waals surface area (Å²) in [5, 5.41) is 7.54. The van der Waals surface area contributed by atoms with Gasteiger partial charge in [0.25, 0.3) is 0 Å². The lowest BCUT2D eigenvalue weighted by molar-refractivity contribution is 0.00356. The first kappa shape index (κ1) is 18.6. The predicted molar refractivity (Wildman–Crippen MR) is 114 cm³/mol. The van der Waals surface area contributed by atoms with Crippen LogP contribution in [0.3, 0.4) is 0 Å². The number of nitrogens with zero attached hydrogens (tertiary/aromatic N) is 4. The third kappa shape index (κ3) is 3.30. The molecule has 1 saturated heterocycles. The molecule has 2 N–H and O–H groups in total. The molecule has 1 aromatic carbocycles. The number of benzene rings is 1. The fourth-order valence-corrected chi connectivity index (χ4v) is 5.28. The van der Waals surface area contributed by atoms with Gasteiger partial charge in [-0.1, -0.05) is 37.3 Å². The highest BCUT2D eigenvalue weighted by Gasteiger charge is 2.46. The Kier molecular flexibility index (Phi) is 4.97. The Morgan fingerprint density at radius 2 is 1.93 bits per heavy atom. The number of hydrogen-bond donors (Lipinski definition) is 2. The number of likely N-dealkylation sites (tertiary alicyclic amines) is 1. The van der Waals surface area contributed by atoms with Crippen LogP contribution in [0, 0.1) is 0 Å². The van der Waals surface area contributed by atoms with Gasteiger partial charge in [0.05, 0.1) is 29.5 Å². The highest BCUT2D eigenvalue weighted by Crippen LogP contribution is 2.42. The molecule has 3 aromatic rings. The molecule has 2 aliphatic rings. The van der Waals surface area contributed by atoms with E-state index in [2.05, 4.69) is 62.2 Å². The van der Waals surface area contributed by atoms with Crippen molar-refractivity contribution in [2.24, 2.45) is 0 Å². The third-order valence-electron chi connectivity index (χ3n) is 6.75. The normalized spacial score (nSPS) is 19.5. The standard InChI is InChI=1S/C23H30N6/c1-2-11-29-12-8-20-22(25-17-24-20)23(29)9-13-28(14-10-23)16-19-15-26-27-21(19)18-6-4-3-5-7-18/h3-7,15,17H,2,8-14,16H2,1H3,(H,24,25)(H,26,27). The molecule has 6 nitrogen and oxygen atoms in total. The Morgan fingerprint density at radius 1 is 1.10 bits per heavy atom. The topological polar surface area (TPSA) is 63.8 Å². The van der Waals surface area contributed by atoms with Gasteiger partial charge < -0.3 is 4.98 Å². The van der Waals surface area contributed by atoms with Crippen LogP contribution in [0.4, 0.5) is 0 Å². The van der Waals surface area contributed by atoms with Gasteiger partial charge in [-0.2, -0.15) is 5.10 Å². The van der Waals surface area contributed by atoms with Crippen molar-refractivity contribution < 1.29 is 0 Å². The van der Waals surface area contributed by atoms with E-state index in [-0.39, 0.29) is 5.54 Å². The molecule has 152 valence electrons. The van der Waals surface area contributed by atoms with E-state index in [1.165, 1.54) is 28.9 Å². The van der Waals surface area contributed by atoms with Gasteiger partial charge in [0, 0.05) is 43.9 Å². The van der Waals surface area contributed by atoms with Crippen LogP contribution in [-0.4, -0.2) is 56.1 Å². The molecule has 6 heteroatoms. The zero-order valence-electron chi connectivity index (χ0n) is 17.2. The smallest absolute Gasteiger partial charge is 0.0926 e. The number of imidazole rings is 1. The molecule has 0 radical (unpaired) electrons. The van der Waals surface area contributed by atoms with Crippen molar-refractivity contribution in [2.75, 3.05) is 26.2 Å². The fourth-order valence-electron chi connectivity index (χ4n) is 5.28. The average Bonchev–Trinajstić information content (AvgIpc) is 3.42. The molecular formula is C23H30N6. The number of nitrogens with one attached hydrogen (secondary N) is 2. The van der Waals surface area contributed by atoms with Crippen LogP contribution < -0.4 is 0 Å². The summed E-state index contributed by atoms with van der Waals surface area (Å²) in [5.41, 5.74) is 6.40. The fraction of sp³-hybridized carbons (Fsp3) is 0.478. The number of rotatable bonds is 5. The number of piperidine rings is 1. The van der Waals surface area contributed by atoms with E-state index in [1.807, 2.05) is 12.5 Å².